The van der Waals surface area contributed by atoms with Crippen molar-refractivity contribution in [2.24, 2.45) is 0 Å². The van der Waals surface area contributed by atoms with Crippen molar-refractivity contribution in [3.05, 3.63) is 65.7 Å². The lowest BCUT2D eigenvalue weighted by atomic mass is 10.1. The van der Waals surface area contributed by atoms with Crippen molar-refractivity contribution in [2.45, 2.75) is 19.9 Å². The van der Waals surface area contributed by atoms with Gasteiger partial charge in [0.1, 0.15) is 0 Å². The second-order valence-electron chi connectivity index (χ2n) is 6.62. The molecule has 1 fully saturated rings. The Hall–Kier alpha value is -2.33. The van der Waals surface area contributed by atoms with Crippen molar-refractivity contribution < 1.29 is 4.79 Å². The minimum Gasteiger partial charge on any atom is -0.368 e. The Kier molecular flexibility index (Phi) is 6.07. The zero-order chi connectivity index (χ0) is 17.5. The van der Waals surface area contributed by atoms with Gasteiger partial charge < -0.3 is 15.1 Å². The van der Waals surface area contributed by atoms with E-state index in [4.69, 9.17) is 0 Å². The third-order valence-electron chi connectivity index (χ3n) is 4.68. The van der Waals surface area contributed by atoms with E-state index in [0.717, 1.165) is 39.3 Å². The fourth-order valence-electron chi connectivity index (χ4n) is 3.26. The lowest BCUT2D eigenvalue weighted by molar-refractivity contribution is -0.131. The molecule has 0 radical (unpaired) electrons. The highest BCUT2D eigenvalue weighted by atomic mass is 16.2. The molecule has 0 atom stereocenters. The molecule has 3 rings (SSSR count). The van der Waals surface area contributed by atoms with Gasteiger partial charge in [0.05, 0.1) is 0 Å². The highest BCUT2D eigenvalue weighted by Crippen LogP contribution is 2.15. The average molecular weight is 337 g/mol. The van der Waals surface area contributed by atoms with Gasteiger partial charge in [0.2, 0.25) is 5.91 Å². The van der Waals surface area contributed by atoms with E-state index in [1.165, 1.54) is 16.8 Å². The molecule has 0 aliphatic carbocycles. The summed E-state index contributed by atoms with van der Waals surface area (Å²) in [4.78, 5) is 16.7. The molecule has 4 nitrogen and oxygen atoms in total. The standard InChI is InChI=1S/C21H27N3O/c1-18-6-5-7-19(16-18)17-22-11-10-21(25)24-14-12-23(13-15-24)20-8-3-2-4-9-20/h2-9,16,22H,10-15,17H2,1H3. The molecule has 1 N–H and O–H groups in total. The Bertz CT molecular complexity index is 679. The quantitative estimate of drug-likeness (QED) is 0.824. The van der Waals surface area contributed by atoms with E-state index < -0.39 is 0 Å². The van der Waals surface area contributed by atoms with Gasteiger partial charge in [0.25, 0.3) is 0 Å². The van der Waals surface area contributed by atoms with Gasteiger partial charge in [0.15, 0.2) is 0 Å². The summed E-state index contributed by atoms with van der Waals surface area (Å²) in [6.07, 6.45) is 0.567. The highest BCUT2D eigenvalue weighted by Gasteiger charge is 2.20. The van der Waals surface area contributed by atoms with E-state index in [2.05, 4.69) is 65.7 Å². The number of nitrogens with one attached hydrogen (secondary N) is 1. The molecule has 2 aromatic carbocycles. The van der Waals surface area contributed by atoms with Gasteiger partial charge in [-0.15, -0.1) is 0 Å². The molecule has 1 aliphatic heterocycles. The summed E-state index contributed by atoms with van der Waals surface area (Å²) in [6.45, 7) is 7.08. The minimum absolute atomic E-state index is 0.254. The van der Waals surface area contributed by atoms with Crippen LogP contribution in [0.5, 0.6) is 0 Å². The number of amides is 1. The second kappa shape index (κ2) is 8.67. The predicted octanol–water partition coefficient (Wildman–Crippen LogP) is 2.82. The summed E-state index contributed by atoms with van der Waals surface area (Å²) in [5.74, 6) is 0.254. The number of aryl methyl sites for hydroxylation is 1. The summed E-state index contributed by atoms with van der Waals surface area (Å²) in [7, 11) is 0. The van der Waals surface area contributed by atoms with E-state index >= 15 is 0 Å². The molecule has 1 saturated heterocycles. The van der Waals surface area contributed by atoms with Gasteiger partial charge >= 0.3 is 0 Å². The molecule has 0 bridgehead atoms. The Balaban J connectivity index is 1.37. The number of hydrogen-bond donors (Lipinski definition) is 1. The Labute approximate surface area is 150 Å². The Morgan fingerprint density at radius 2 is 1.76 bits per heavy atom. The maximum Gasteiger partial charge on any atom is 0.223 e. The normalized spacial score (nSPS) is 14.6. The minimum atomic E-state index is 0.254. The topological polar surface area (TPSA) is 35.6 Å². The molecule has 1 amide bonds. The van der Waals surface area contributed by atoms with Gasteiger partial charge in [0, 0.05) is 51.4 Å². The number of benzene rings is 2. The lowest BCUT2D eigenvalue weighted by Gasteiger charge is -2.36. The van der Waals surface area contributed by atoms with Crippen LogP contribution in [0, 0.1) is 6.92 Å². The molecular weight excluding hydrogens is 310 g/mol. The number of rotatable bonds is 6. The van der Waals surface area contributed by atoms with Crippen LogP contribution in [0.3, 0.4) is 0 Å². The van der Waals surface area contributed by atoms with E-state index in [1.807, 2.05) is 11.0 Å². The van der Waals surface area contributed by atoms with Gasteiger partial charge in [-0.1, -0.05) is 48.0 Å². The zero-order valence-corrected chi connectivity index (χ0v) is 14.9. The summed E-state index contributed by atoms with van der Waals surface area (Å²) >= 11 is 0. The van der Waals surface area contributed by atoms with Crippen LogP contribution in [0.2, 0.25) is 0 Å². The molecule has 2 aromatic rings. The fourth-order valence-corrected chi connectivity index (χ4v) is 3.26. The second-order valence-corrected chi connectivity index (χ2v) is 6.62. The molecule has 132 valence electrons. The lowest BCUT2D eigenvalue weighted by Crippen LogP contribution is -2.49. The molecule has 0 aromatic heterocycles. The van der Waals surface area contributed by atoms with Crippen molar-refractivity contribution >= 4 is 11.6 Å². The largest absolute Gasteiger partial charge is 0.368 e. The molecule has 0 saturated carbocycles. The molecule has 4 heteroatoms. The first-order valence-electron chi connectivity index (χ1n) is 9.06. The van der Waals surface area contributed by atoms with Crippen molar-refractivity contribution in [3.8, 4) is 0 Å². The van der Waals surface area contributed by atoms with Gasteiger partial charge in [-0.2, -0.15) is 0 Å². The van der Waals surface area contributed by atoms with E-state index in [1.54, 1.807) is 0 Å². The zero-order valence-electron chi connectivity index (χ0n) is 14.9. The number of anilines is 1. The number of piperazine rings is 1. The van der Waals surface area contributed by atoms with Crippen LogP contribution in [0.4, 0.5) is 5.69 Å². The maximum atomic E-state index is 12.4. The number of hydrogen-bond acceptors (Lipinski definition) is 3. The van der Waals surface area contributed by atoms with Crippen LogP contribution in [0.1, 0.15) is 17.5 Å². The van der Waals surface area contributed by atoms with Crippen molar-refractivity contribution in [1.29, 1.82) is 0 Å². The predicted molar refractivity (Wildman–Crippen MR) is 103 cm³/mol. The summed E-state index contributed by atoms with van der Waals surface area (Å²) in [6, 6.07) is 18.9. The Morgan fingerprint density at radius 1 is 1.00 bits per heavy atom. The van der Waals surface area contributed by atoms with Crippen LogP contribution in [-0.2, 0) is 11.3 Å². The van der Waals surface area contributed by atoms with Gasteiger partial charge in [-0.3, -0.25) is 4.79 Å². The van der Waals surface area contributed by atoms with Crippen molar-refractivity contribution in [3.63, 3.8) is 0 Å². The van der Waals surface area contributed by atoms with Crippen molar-refractivity contribution in [2.75, 3.05) is 37.6 Å². The molecular formula is C21H27N3O. The van der Waals surface area contributed by atoms with E-state index in [9.17, 15) is 4.79 Å². The van der Waals surface area contributed by atoms with Crippen LogP contribution >= 0.6 is 0 Å². The molecule has 0 unspecified atom stereocenters. The number of carbonyl (C=O) groups excluding carboxylic acids is 1. The third kappa shape index (κ3) is 5.07. The first-order valence-corrected chi connectivity index (χ1v) is 9.06. The monoisotopic (exact) mass is 337 g/mol. The van der Waals surface area contributed by atoms with Gasteiger partial charge in [-0.05, 0) is 24.6 Å². The van der Waals surface area contributed by atoms with Crippen LogP contribution < -0.4 is 10.2 Å². The number of para-hydroxylation sites is 1. The average Bonchev–Trinajstić information content (AvgIpc) is 2.66. The van der Waals surface area contributed by atoms with Crippen molar-refractivity contribution in [1.82, 2.24) is 10.2 Å². The SMILES string of the molecule is Cc1cccc(CNCCC(=O)N2CCN(c3ccccc3)CC2)c1. The smallest absolute Gasteiger partial charge is 0.223 e. The van der Waals surface area contributed by atoms with E-state index in [-0.39, 0.29) is 5.91 Å². The number of carbonyl (C=O) groups is 1. The van der Waals surface area contributed by atoms with E-state index in [0.29, 0.717) is 6.42 Å². The molecule has 0 spiro atoms. The number of nitrogens with zero attached hydrogens (tertiary/aromatic N) is 2. The summed E-state index contributed by atoms with van der Waals surface area (Å²) in [5, 5.41) is 3.38. The maximum absolute atomic E-state index is 12.4. The first kappa shape index (κ1) is 17.5. The molecule has 1 heterocycles. The van der Waals surface area contributed by atoms with Crippen LogP contribution in [-0.4, -0.2) is 43.5 Å². The Morgan fingerprint density at radius 3 is 2.48 bits per heavy atom. The summed E-state index contributed by atoms with van der Waals surface area (Å²) < 4.78 is 0. The van der Waals surface area contributed by atoms with Crippen LogP contribution in [0.25, 0.3) is 0 Å². The fraction of sp³-hybridized carbons (Fsp3) is 0.381. The van der Waals surface area contributed by atoms with Crippen LogP contribution in [0.15, 0.2) is 54.6 Å². The first-order chi connectivity index (χ1) is 12.2. The highest BCUT2D eigenvalue weighted by molar-refractivity contribution is 5.76. The summed E-state index contributed by atoms with van der Waals surface area (Å²) in [5.41, 5.74) is 3.78. The molecule has 1 aliphatic rings. The van der Waals surface area contributed by atoms with Gasteiger partial charge in [-0.25, -0.2) is 0 Å². The third-order valence-corrected chi connectivity index (χ3v) is 4.68. The molecule has 25 heavy (non-hydrogen) atoms.